The molecular weight excluding hydrogens is 360 g/mol. The molecule has 148 valence electrons. The standard InChI is InChI=1S/C21H24N2O5/c1-14(2)17-10-9-15(3)18(11-17)27-13-20(25)28-12-19(24)22-23-21(26)16-7-5-4-6-8-16/h4-11,14H,12-13H2,1-3H3,(H,22,24)(H,23,26). The Morgan fingerprint density at radius 2 is 1.68 bits per heavy atom. The minimum absolute atomic E-state index is 0.313. The van der Waals surface area contributed by atoms with Gasteiger partial charge in [0.25, 0.3) is 11.8 Å². The van der Waals surface area contributed by atoms with Gasteiger partial charge in [0.2, 0.25) is 0 Å². The Balaban J connectivity index is 1.73. The predicted molar refractivity (Wildman–Crippen MR) is 104 cm³/mol. The van der Waals surface area contributed by atoms with Crippen molar-refractivity contribution < 1.29 is 23.9 Å². The lowest BCUT2D eigenvalue weighted by Gasteiger charge is -2.12. The second-order valence-electron chi connectivity index (χ2n) is 6.50. The van der Waals surface area contributed by atoms with Gasteiger partial charge in [0.05, 0.1) is 0 Å². The molecule has 0 spiro atoms. The van der Waals surface area contributed by atoms with E-state index in [-0.39, 0.29) is 6.61 Å². The molecule has 2 rings (SSSR count). The van der Waals surface area contributed by atoms with Crippen LogP contribution in [0.25, 0.3) is 0 Å². The van der Waals surface area contributed by atoms with Gasteiger partial charge < -0.3 is 9.47 Å². The Morgan fingerprint density at radius 1 is 0.964 bits per heavy atom. The molecule has 2 aromatic carbocycles. The fraction of sp³-hybridized carbons (Fsp3) is 0.286. The normalized spacial score (nSPS) is 10.3. The summed E-state index contributed by atoms with van der Waals surface area (Å²) < 4.78 is 10.4. The third-order valence-corrected chi connectivity index (χ3v) is 3.94. The second-order valence-corrected chi connectivity index (χ2v) is 6.50. The fourth-order valence-corrected chi connectivity index (χ4v) is 2.28. The summed E-state index contributed by atoms with van der Waals surface area (Å²) in [6.45, 7) is 5.18. The molecule has 7 heteroatoms. The second kappa shape index (κ2) is 10.1. The maximum atomic E-state index is 11.8. The summed E-state index contributed by atoms with van der Waals surface area (Å²) in [4.78, 5) is 35.3. The van der Waals surface area contributed by atoms with Gasteiger partial charge in [0, 0.05) is 5.56 Å². The van der Waals surface area contributed by atoms with Crippen molar-refractivity contribution in [3.63, 3.8) is 0 Å². The average Bonchev–Trinajstić information content (AvgIpc) is 2.70. The number of amides is 2. The van der Waals surface area contributed by atoms with Crippen molar-refractivity contribution >= 4 is 17.8 Å². The number of aryl methyl sites for hydroxylation is 1. The first-order chi connectivity index (χ1) is 13.4. The highest BCUT2D eigenvalue weighted by Gasteiger charge is 2.12. The molecule has 2 N–H and O–H groups in total. The SMILES string of the molecule is Cc1ccc(C(C)C)cc1OCC(=O)OCC(=O)NNC(=O)c1ccccc1. The zero-order chi connectivity index (χ0) is 20.5. The van der Waals surface area contributed by atoms with Crippen LogP contribution in [-0.4, -0.2) is 31.0 Å². The summed E-state index contributed by atoms with van der Waals surface area (Å²) in [5.74, 6) is -0.869. The first-order valence-electron chi connectivity index (χ1n) is 8.90. The predicted octanol–water partition coefficient (Wildman–Crippen LogP) is 2.50. The molecule has 0 saturated heterocycles. The number of hydrogen-bond acceptors (Lipinski definition) is 5. The molecule has 7 nitrogen and oxygen atoms in total. The van der Waals surface area contributed by atoms with Crippen LogP contribution in [0.3, 0.4) is 0 Å². The van der Waals surface area contributed by atoms with Gasteiger partial charge in [-0.2, -0.15) is 0 Å². The topological polar surface area (TPSA) is 93.7 Å². The number of ether oxygens (including phenoxy) is 2. The third kappa shape index (κ3) is 6.42. The molecular formula is C21H24N2O5. The van der Waals surface area contributed by atoms with Crippen molar-refractivity contribution in [3.05, 3.63) is 65.2 Å². The lowest BCUT2D eigenvalue weighted by Crippen LogP contribution is -2.43. The van der Waals surface area contributed by atoms with E-state index in [0.29, 0.717) is 17.2 Å². The first kappa shape index (κ1) is 21.0. The van der Waals surface area contributed by atoms with E-state index in [0.717, 1.165) is 11.1 Å². The third-order valence-electron chi connectivity index (χ3n) is 3.94. The van der Waals surface area contributed by atoms with Gasteiger partial charge in [-0.15, -0.1) is 0 Å². The lowest BCUT2D eigenvalue weighted by molar-refractivity contribution is -0.150. The molecule has 0 aliphatic carbocycles. The summed E-state index contributed by atoms with van der Waals surface area (Å²) in [7, 11) is 0. The average molecular weight is 384 g/mol. The Morgan fingerprint density at radius 3 is 2.36 bits per heavy atom. The van der Waals surface area contributed by atoms with Crippen LogP contribution in [-0.2, 0) is 14.3 Å². The van der Waals surface area contributed by atoms with Crippen LogP contribution in [0.15, 0.2) is 48.5 Å². The van der Waals surface area contributed by atoms with Gasteiger partial charge in [-0.3, -0.25) is 20.4 Å². The number of rotatable bonds is 7. The molecule has 0 bridgehead atoms. The monoisotopic (exact) mass is 384 g/mol. The van der Waals surface area contributed by atoms with Crippen LogP contribution in [0.1, 0.15) is 41.3 Å². The van der Waals surface area contributed by atoms with Gasteiger partial charge in [0.1, 0.15) is 5.75 Å². The number of benzene rings is 2. The Hall–Kier alpha value is -3.35. The van der Waals surface area contributed by atoms with Crippen molar-refractivity contribution in [2.24, 2.45) is 0 Å². The van der Waals surface area contributed by atoms with Crippen molar-refractivity contribution in [2.75, 3.05) is 13.2 Å². The molecule has 0 fully saturated rings. The molecule has 0 unspecified atom stereocenters. The lowest BCUT2D eigenvalue weighted by atomic mass is 10.0. The number of esters is 1. The van der Waals surface area contributed by atoms with Crippen LogP contribution in [0, 0.1) is 6.92 Å². The van der Waals surface area contributed by atoms with Crippen LogP contribution in [0.2, 0.25) is 0 Å². The maximum absolute atomic E-state index is 11.8. The largest absolute Gasteiger partial charge is 0.482 e. The number of nitrogens with one attached hydrogen (secondary N) is 2. The zero-order valence-electron chi connectivity index (χ0n) is 16.2. The van der Waals surface area contributed by atoms with Crippen molar-refractivity contribution in [1.82, 2.24) is 10.9 Å². The van der Waals surface area contributed by atoms with Crippen LogP contribution < -0.4 is 15.6 Å². The van der Waals surface area contributed by atoms with Crippen molar-refractivity contribution in [3.8, 4) is 5.75 Å². The van der Waals surface area contributed by atoms with E-state index in [1.165, 1.54) is 0 Å². The van der Waals surface area contributed by atoms with Gasteiger partial charge in [0.15, 0.2) is 13.2 Å². The molecule has 28 heavy (non-hydrogen) atoms. The van der Waals surface area contributed by atoms with Crippen LogP contribution in [0.4, 0.5) is 0 Å². The minimum atomic E-state index is -0.682. The van der Waals surface area contributed by atoms with Gasteiger partial charge >= 0.3 is 5.97 Å². The smallest absolute Gasteiger partial charge is 0.344 e. The molecule has 0 heterocycles. The molecule has 0 atom stereocenters. The van der Waals surface area contributed by atoms with E-state index in [1.807, 2.05) is 25.1 Å². The Kier molecular flexibility index (Phi) is 7.56. The maximum Gasteiger partial charge on any atom is 0.344 e. The molecule has 0 aromatic heterocycles. The molecule has 2 aromatic rings. The molecule has 0 aliphatic heterocycles. The number of hydrazine groups is 1. The van der Waals surface area contributed by atoms with Crippen LogP contribution >= 0.6 is 0 Å². The van der Waals surface area contributed by atoms with Crippen LogP contribution in [0.5, 0.6) is 5.75 Å². The summed E-state index contributed by atoms with van der Waals surface area (Å²) >= 11 is 0. The van der Waals surface area contributed by atoms with E-state index in [9.17, 15) is 14.4 Å². The highest BCUT2D eigenvalue weighted by atomic mass is 16.6. The summed E-state index contributed by atoms with van der Waals surface area (Å²) in [5.41, 5.74) is 6.82. The van der Waals surface area contributed by atoms with Gasteiger partial charge in [-0.25, -0.2) is 4.79 Å². The van der Waals surface area contributed by atoms with E-state index in [2.05, 4.69) is 24.7 Å². The van der Waals surface area contributed by atoms with E-state index >= 15 is 0 Å². The van der Waals surface area contributed by atoms with E-state index < -0.39 is 24.4 Å². The minimum Gasteiger partial charge on any atom is -0.482 e. The van der Waals surface area contributed by atoms with E-state index in [4.69, 9.17) is 9.47 Å². The van der Waals surface area contributed by atoms with Gasteiger partial charge in [-0.05, 0) is 42.2 Å². The van der Waals surface area contributed by atoms with Crippen molar-refractivity contribution in [2.45, 2.75) is 26.7 Å². The van der Waals surface area contributed by atoms with Crippen molar-refractivity contribution in [1.29, 1.82) is 0 Å². The quantitative estimate of drug-likeness (QED) is 0.565. The Labute approximate surface area is 164 Å². The number of carbonyl (C=O) groups excluding carboxylic acids is 3. The number of carbonyl (C=O) groups is 3. The Bertz CT molecular complexity index is 834. The molecule has 0 radical (unpaired) electrons. The zero-order valence-corrected chi connectivity index (χ0v) is 16.2. The summed E-state index contributed by atoms with van der Waals surface area (Å²) in [6, 6.07) is 14.2. The highest BCUT2D eigenvalue weighted by Crippen LogP contribution is 2.24. The molecule has 2 amide bonds. The first-order valence-corrected chi connectivity index (χ1v) is 8.90. The molecule has 0 aliphatic rings. The summed E-state index contributed by atoms with van der Waals surface area (Å²) in [5, 5.41) is 0. The summed E-state index contributed by atoms with van der Waals surface area (Å²) in [6.07, 6.45) is 0. The molecule has 0 saturated carbocycles. The number of hydrogen-bond donors (Lipinski definition) is 2. The van der Waals surface area contributed by atoms with E-state index in [1.54, 1.807) is 30.3 Å². The van der Waals surface area contributed by atoms with Gasteiger partial charge in [-0.1, -0.05) is 44.2 Å². The highest BCUT2D eigenvalue weighted by molar-refractivity contribution is 5.95. The fourth-order valence-electron chi connectivity index (χ4n) is 2.28.